The molecule has 1 rings (SSSR count). The van der Waals surface area contributed by atoms with Crippen LogP contribution in [0.1, 0.15) is 46.0 Å². The second-order valence-electron chi connectivity index (χ2n) is 5.11. The van der Waals surface area contributed by atoms with E-state index in [2.05, 4.69) is 19.2 Å². The summed E-state index contributed by atoms with van der Waals surface area (Å²) < 4.78 is 0. The van der Waals surface area contributed by atoms with Gasteiger partial charge in [0.15, 0.2) is 0 Å². The fourth-order valence-corrected chi connectivity index (χ4v) is 2.26. The number of hydrogen-bond acceptors (Lipinski definition) is 3. The summed E-state index contributed by atoms with van der Waals surface area (Å²) in [5, 5.41) is 13.1. The Morgan fingerprint density at radius 3 is 2.71 bits per heavy atom. The van der Waals surface area contributed by atoms with Gasteiger partial charge in [-0.3, -0.25) is 4.79 Å². The van der Waals surface area contributed by atoms with Crippen LogP contribution < -0.4 is 5.32 Å². The van der Waals surface area contributed by atoms with Crippen molar-refractivity contribution in [2.45, 2.75) is 64.1 Å². The fraction of sp³-hybridized carbons (Fsp3) is 0.923. The van der Waals surface area contributed by atoms with E-state index in [9.17, 15) is 9.90 Å². The summed E-state index contributed by atoms with van der Waals surface area (Å²) in [5.74, 6) is 0.0799. The van der Waals surface area contributed by atoms with Gasteiger partial charge in [-0.15, -0.1) is 0 Å². The number of nitrogens with one attached hydrogen (secondary N) is 1. The summed E-state index contributed by atoms with van der Waals surface area (Å²) >= 11 is 0. The lowest BCUT2D eigenvalue weighted by atomic mass is 9.91. The molecule has 1 saturated carbocycles. The van der Waals surface area contributed by atoms with E-state index in [-0.39, 0.29) is 18.1 Å². The van der Waals surface area contributed by atoms with Crippen molar-refractivity contribution in [1.82, 2.24) is 10.2 Å². The second-order valence-corrected chi connectivity index (χ2v) is 5.11. The summed E-state index contributed by atoms with van der Waals surface area (Å²) in [6, 6.07) is 0.374. The van der Waals surface area contributed by atoms with E-state index in [1.807, 2.05) is 0 Å². The highest BCUT2D eigenvalue weighted by molar-refractivity contribution is 5.78. The number of carbonyl (C=O) groups is 1. The highest BCUT2D eigenvalue weighted by Gasteiger charge is 2.29. The van der Waals surface area contributed by atoms with Gasteiger partial charge < -0.3 is 15.3 Å². The molecule has 2 N–H and O–H groups in total. The smallest absolute Gasteiger partial charge is 0.236 e. The van der Waals surface area contributed by atoms with Gasteiger partial charge in [0.1, 0.15) is 0 Å². The zero-order chi connectivity index (χ0) is 12.8. The lowest BCUT2D eigenvalue weighted by Crippen LogP contribution is -2.49. The molecule has 0 aromatic heterocycles. The van der Waals surface area contributed by atoms with Crippen molar-refractivity contribution in [3.63, 3.8) is 0 Å². The normalized spacial score (nSPS) is 26.6. The number of amides is 1. The van der Waals surface area contributed by atoms with Gasteiger partial charge in [0.25, 0.3) is 0 Å². The van der Waals surface area contributed by atoms with Crippen molar-refractivity contribution in [3.05, 3.63) is 0 Å². The number of carbonyl (C=O) groups excluding carboxylic acids is 1. The first-order valence-corrected chi connectivity index (χ1v) is 6.73. The third-order valence-corrected chi connectivity index (χ3v) is 3.80. The average molecular weight is 242 g/mol. The molecule has 0 aliphatic heterocycles. The highest BCUT2D eigenvalue weighted by atomic mass is 16.3. The summed E-state index contributed by atoms with van der Waals surface area (Å²) in [5.41, 5.74) is 0. The van der Waals surface area contributed by atoms with E-state index in [4.69, 9.17) is 0 Å². The number of hydrogen-bond donors (Lipinski definition) is 2. The Morgan fingerprint density at radius 1 is 1.47 bits per heavy atom. The van der Waals surface area contributed by atoms with Crippen LogP contribution in [-0.2, 0) is 4.79 Å². The van der Waals surface area contributed by atoms with Crippen molar-refractivity contribution in [2.75, 3.05) is 13.6 Å². The Bertz CT molecular complexity index is 246. The molecule has 100 valence electrons. The van der Waals surface area contributed by atoms with Crippen LogP contribution >= 0.6 is 0 Å². The molecule has 0 bridgehead atoms. The molecule has 0 aromatic carbocycles. The van der Waals surface area contributed by atoms with E-state index in [0.717, 1.165) is 32.1 Å². The molecule has 17 heavy (non-hydrogen) atoms. The summed E-state index contributed by atoms with van der Waals surface area (Å²) in [7, 11) is 1.81. The highest BCUT2D eigenvalue weighted by Crippen LogP contribution is 2.22. The molecule has 1 aliphatic rings. The molecule has 0 saturated heterocycles. The van der Waals surface area contributed by atoms with Crippen LogP contribution in [-0.4, -0.2) is 47.7 Å². The van der Waals surface area contributed by atoms with Crippen LogP contribution in [0.3, 0.4) is 0 Å². The van der Waals surface area contributed by atoms with Crippen LogP contribution in [0.2, 0.25) is 0 Å². The number of aliphatic hydroxyl groups is 1. The third kappa shape index (κ3) is 4.28. The first kappa shape index (κ1) is 14.5. The molecule has 3 atom stereocenters. The SMILES string of the molecule is CCC(C)NCC(=O)N(C)C1CCCCC1O. The van der Waals surface area contributed by atoms with E-state index >= 15 is 0 Å². The zero-order valence-corrected chi connectivity index (χ0v) is 11.3. The largest absolute Gasteiger partial charge is 0.391 e. The fourth-order valence-electron chi connectivity index (χ4n) is 2.26. The predicted octanol–water partition coefficient (Wildman–Crippen LogP) is 1.14. The van der Waals surface area contributed by atoms with Crippen molar-refractivity contribution in [2.24, 2.45) is 0 Å². The topological polar surface area (TPSA) is 52.6 Å². The monoisotopic (exact) mass is 242 g/mol. The quantitative estimate of drug-likeness (QED) is 0.760. The molecule has 1 aliphatic carbocycles. The standard InChI is InChI=1S/C13H26N2O2/c1-4-10(2)14-9-13(17)15(3)11-7-5-6-8-12(11)16/h10-12,14,16H,4-9H2,1-3H3. The van der Waals surface area contributed by atoms with Gasteiger partial charge in [0.05, 0.1) is 18.7 Å². The molecular formula is C13H26N2O2. The molecule has 3 unspecified atom stereocenters. The number of likely N-dealkylation sites (N-methyl/N-ethyl adjacent to an activating group) is 1. The molecule has 0 aromatic rings. The van der Waals surface area contributed by atoms with Crippen molar-refractivity contribution in [1.29, 1.82) is 0 Å². The van der Waals surface area contributed by atoms with E-state index < -0.39 is 0 Å². The summed E-state index contributed by atoms with van der Waals surface area (Å²) in [4.78, 5) is 13.7. The van der Waals surface area contributed by atoms with E-state index in [0.29, 0.717) is 12.6 Å². The summed E-state index contributed by atoms with van der Waals surface area (Å²) in [6.45, 7) is 4.54. The molecule has 0 radical (unpaired) electrons. The maximum atomic E-state index is 12.0. The number of aliphatic hydroxyl groups excluding tert-OH is 1. The van der Waals surface area contributed by atoms with Crippen molar-refractivity contribution in [3.8, 4) is 0 Å². The maximum Gasteiger partial charge on any atom is 0.236 e. The van der Waals surface area contributed by atoms with Gasteiger partial charge in [-0.25, -0.2) is 0 Å². The summed E-state index contributed by atoms with van der Waals surface area (Å²) in [6.07, 6.45) is 4.60. The average Bonchev–Trinajstić information content (AvgIpc) is 2.35. The predicted molar refractivity (Wildman–Crippen MR) is 68.8 cm³/mol. The molecule has 4 heteroatoms. The maximum absolute atomic E-state index is 12.0. The van der Waals surface area contributed by atoms with Crippen molar-refractivity contribution < 1.29 is 9.90 Å². The van der Waals surface area contributed by atoms with Gasteiger partial charge in [-0.2, -0.15) is 0 Å². The Labute approximate surface area is 104 Å². The van der Waals surface area contributed by atoms with Crippen LogP contribution in [0.4, 0.5) is 0 Å². The van der Waals surface area contributed by atoms with Gasteiger partial charge in [0, 0.05) is 13.1 Å². The molecule has 4 nitrogen and oxygen atoms in total. The molecule has 0 heterocycles. The number of rotatable bonds is 5. The van der Waals surface area contributed by atoms with Crippen LogP contribution in [0, 0.1) is 0 Å². The van der Waals surface area contributed by atoms with Gasteiger partial charge in [-0.1, -0.05) is 19.8 Å². The molecule has 0 spiro atoms. The Kier molecular flexibility index (Phi) is 5.92. The Hall–Kier alpha value is -0.610. The van der Waals surface area contributed by atoms with Gasteiger partial charge >= 0.3 is 0 Å². The van der Waals surface area contributed by atoms with Crippen LogP contribution in [0.25, 0.3) is 0 Å². The molecule has 1 fully saturated rings. The van der Waals surface area contributed by atoms with Crippen LogP contribution in [0.5, 0.6) is 0 Å². The number of nitrogens with zero attached hydrogens (tertiary/aromatic N) is 1. The first-order chi connectivity index (χ1) is 8.06. The Morgan fingerprint density at radius 2 is 2.12 bits per heavy atom. The minimum atomic E-state index is -0.346. The third-order valence-electron chi connectivity index (χ3n) is 3.80. The first-order valence-electron chi connectivity index (χ1n) is 6.73. The minimum Gasteiger partial charge on any atom is -0.391 e. The molecular weight excluding hydrogens is 216 g/mol. The van der Waals surface area contributed by atoms with Gasteiger partial charge in [0.2, 0.25) is 5.91 Å². The lowest BCUT2D eigenvalue weighted by molar-refractivity contribution is -0.134. The molecule has 1 amide bonds. The Balaban J connectivity index is 2.39. The lowest BCUT2D eigenvalue weighted by Gasteiger charge is -2.35. The minimum absolute atomic E-state index is 0.00924. The van der Waals surface area contributed by atoms with Crippen LogP contribution in [0.15, 0.2) is 0 Å². The second kappa shape index (κ2) is 6.97. The van der Waals surface area contributed by atoms with Gasteiger partial charge in [-0.05, 0) is 26.2 Å². The van der Waals surface area contributed by atoms with E-state index in [1.165, 1.54) is 0 Å². The van der Waals surface area contributed by atoms with Crippen molar-refractivity contribution >= 4 is 5.91 Å². The van der Waals surface area contributed by atoms with E-state index in [1.54, 1.807) is 11.9 Å². The zero-order valence-electron chi connectivity index (χ0n) is 11.3.